The quantitative estimate of drug-likeness (QED) is 0.330. The smallest absolute Gasteiger partial charge is 0.315 e. The van der Waals surface area contributed by atoms with Crippen molar-refractivity contribution in [3.63, 3.8) is 0 Å². The molecule has 1 fully saturated rings. The number of hydrogen-bond donors (Lipinski definition) is 0. The van der Waals surface area contributed by atoms with Gasteiger partial charge in [0.25, 0.3) is 0 Å². The molecule has 0 saturated carbocycles. The van der Waals surface area contributed by atoms with E-state index in [4.69, 9.17) is 9.47 Å². The molecule has 0 spiro atoms. The highest BCUT2D eigenvalue weighted by atomic mass is 16.6. The van der Waals surface area contributed by atoms with Crippen molar-refractivity contribution < 1.29 is 14.3 Å². The predicted octanol–water partition coefficient (Wildman–Crippen LogP) is 0.503. The molecule has 60 valence electrons. The lowest BCUT2D eigenvalue weighted by Gasteiger charge is -2.05. The van der Waals surface area contributed by atoms with Gasteiger partial charge < -0.3 is 9.47 Å². The molecule has 0 amide bonds. The second kappa shape index (κ2) is 2.34. The minimum Gasteiger partial charge on any atom is -0.465 e. The molecule has 0 bridgehead atoms. The van der Waals surface area contributed by atoms with Crippen LogP contribution < -0.4 is 0 Å². The Hall–Kier alpha value is -0.830. The largest absolute Gasteiger partial charge is 0.465 e. The molecular formula is C8H10O3. The molecule has 0 unspecified atom stereocenters. The molecule has 2 rings (SSSR count). The number of carbonyl (C=O) groups is 1. The van der Waals surface area contributed by atoms with Gasteiger partial charge in [0.2, 0.25) is 0 Å². The zero-order valence-electron chi connectivity index (χ0n) is 6.32. The Labute approximate surface area is 65.0 Å². The summed E-state index contributed by atoms with van der Waals surface area (Å²) in [5, 5.41) is 0. The average Bonchev–Trinajstić information content (AvgIpc) is 2.63. The Morgan fingerprint density at radius 3 is 2.91 bits per heavy atom. The van der Waals surface area contributed by atoms with Crippen molar-refractivity contribution in [2.24, 2.45) is 5.92 Å². The Morgan fingerprint density at radius 2 is 2.45 bits per heavy atom. The maximum atomic E-state index is 11.1. The van der Waals surface area contributed by atoms with Gasteiger partial charge in [-0.1, -0.05) is 12.2 Å². The maximum Gasteiger partial charge on any atom is 0.315 e. The summed E-state index contributed by atoms with van der Waals surface area (Å²) < 4.78 is 10.00. The fourth-order valence-corrected chi connectivity index (χ4v) is 1.37. The van der Waals surface area contributed by atoms with E-state index in [0.29, 0.717) is 6.61 Å². The van der Waals surface area contributed by atoms with Gasteiger partial charge >= 0.3 is 5.97 Å². The first-order valence-electron chi connectivity index (χ1n) is 3.83. The van der Waals surface area contributed by atoms with Crippen LogP contribution in [0, 0.1) is 5.92 Å². The highest BCUT2D eigenvalue weighted by molar-refractivity contribution is 5.77. The van der Waals surface area contributed by atoms with Crippen molar-refractivity contribution in [3.8, 4) is 0 Å². The fraction of sp³-hybridized carbons (Fsp3) is 0.625. The first-order valence-corrected chi connectivity index (χ1v) is 3.83. The molecule has 1 saturated heterocycles. The highest BCUT2D eigenvalue weighted by Crippen LogP contribution is 2.37. The van der Waals surface area contributed by atoms with Crippen molar-refractivity contribution in [1.29, 1.82) is 0 Å². The summed E-state index contributed by atoms with van der Waals surface area (Å²) >= 11 is 0. The molecule has 3 atom stereocenters. The topological polar surface area (TPSA) is 38.8 Å². The van der Waals surface area contributed by atoms with E-state index in [2.05, 4.69) is 0 Å². The third-order valence-electron chi connectivity index (χ3n) is 1.98. The van der Waals surface area contributed by atoms with Crippen LogP contribution in [0.15, 0.2) is 12.2 Å². The van der Waals surface area contributed by atoms with Crippen molar-refractivity contribution in [3.05, 3.63) is 12.2 Å². The van der Waals surface area contributed by atoms with E-state index >= 15 is 0 Å². The molecule has 3 nitrogen and oxygen atoms in total. The van der Waals surface area contributed by atoms with Crippen LogP contribution in [0.2, 0.25) is 0 Å². The number of hydrogen-bond acceptors (Lipinski definition) is 3. The van der Waals surface area contributed by atoms with E-state index in [-0.39, 0.29) is 24.1 Å². The molecule has 2 aliphatic rings. The van der Waals surface area contributed by atoms with E-state index in [1.54, 1.807) is 0 Å². The van der Waals surface area contributed by atoms with Gasteiger partial charge in [-0.2, -0.15) is 0 Å². The van der Waals surface area contributed by atoms with Gasteiger partial charge in [0.15, 0.2) is 0 Å². The number of epoxide rings is 1. The number of ether oxygens (including phenoxy) is 2. The van der Waals surface area contributed by atoms with Gasteiger partial charge in [-0.3, -0.25) is 4.79 Å². The summed E-state index contributed by atoms with van der Waals surface area (Å²) in [5.74, 6) is -0.297. The van der Waals surface area contributed by atoms with Crippen LogP contribution in [-0.4, -0.2) is 24.8 Å². The van der Waals surface area contributed by atoms with E-state index in [9.17, 15) is 4.79 Å². The van der Waals surface area contributed by atoms with E-state index in [1.807, 2.05) is 19.1 Å². The van der Waals surface area contributed by atoms with Crippen molar-refractivity contribution in [2.45, 2.75) is 19.1 Å². The second-order valence-electron chi connectivity index (χ2n) is 2.73. The predicted molar refractivity (Wildman–Crippen MR) is 37.9 cm³/mol. The molecule has 1 aliphatic carbocycles. The van der Waals surface area contributed by atoms with Crippen molar-refractivity contribution in [1.82, 2.24) is 0 Å². The minimum absolute atomic E-state index is 0.0917. The first-order chi connectivity index (χ1) is 5.33. The SMILES string of the molecule is CCOC(=O)[C@@H]1C=C[C@@H]2O[C@@H]21. The average molecular weight is 154 g/mol. The Morgan fingerprint density at radius 1 is 1.64 bits per heavy atom. The zero-order chi connectivity index (χ0) is 7.84. The molecule has 11 heavy (non-hydrogen) atoms. The normalized spacial score (nSPS) is 38.5. The Balaban J connectivity index is 1.95. The van der Waals surface area contributed by atoms with Gasteiger partial charge in [0.05, 0.1) is 6.61 Å². The first kappa shape index (κ1) is 6.85. The van der Waals surface area contributed by atoms with Crippen LogP contribution in [0.25, 0.3) is 0 Å². The molecule has 0 aromatic rings. The van der Waals surface area contributed by atoms with Crippen LogP contribution in [0.4, 0.5) is 0 Å². The van der Waals surface area contributed by atoms with Crippen LogP contribution in [0.1, 0.15) is 6.92 Å². The summed E-state index contributed by atoms with van der Waals surface area (Å²) in [6, 6.07) is 0. The number of rotatable bonds is 2. The molecular weight excluding hydrogens is 144 g/mol. The zero-order valence-corrected chi connectivity index (χ0v) is 6.32. The summed E-state index contributed by atoms with van der Waals surface area (Å²) in [5.41, 5.74) is 0. The minimum atomic E-state index is -0.159. The maximum absolute atomic E-state index is 11.1. The second-order valence-corrected chi connectivity index (χ2v) is 2.73. The van der Waals surface area contributed by atoms with Crippen molar-refractivity contribution >= 4 is 5.97 Å². The van der Waals surface area contributed by atoms with Crippen molar-refractivity contribution in [2.75, 3.05) is 6.61 Å². The third kappa shape index (κ3) is 1.05. The lowest BCUT2D eigenvalue weighted by atomic mass is 10.1. The van der Waals surface area contributed by atoms with Gasteiger partial charge in [0, 0.05) is 0 Å². The van der Waals surface area contributed by atoms with Crippen LogP contribution in [0.3, 0.4) is 0 Å². The fourth-order valence-electron chi connectivity index (χ4n) is 1.37. The monoisotopic (exact) mass is 154 g/mol. The summed E-state index contributed by atoms with van der Waals surface area (Å²) in [4.78, 5) is 11.1. The number of fused-ring (bicyclic) bond motifs is 1. The Kier molecular flexibility index (Phi) is 1.46. The van der Waals surface area contributed by atoms with Gasteiger partial charge in [0.1, 0.15) is 18.1 Å². The standard InChI is InChI=1S/C8H10O3/c1-2-10-8(9)5-3-4-6-7(5)11-6/h3-7H,2H2,1H3/t5-,6+,7-/m1/s1. The van der Waals surface area contributed by atoms with Crippen LogP contribution in [0.5, 0.6) is 0 Å². The molecule has 0 N–H and O–H groups in total. The number of esters is 1. The molecule has 0 aromatic heterocycles. The van der Waals surface area contributed by atoms with Crippen LogP contribution >= 0.6 is 0 Å². The molecule has 1 aliphatic heterocycles. The van der Waals surface area contributed by atoms with Crippen LogP contribution in [-0.2, 0) is 14.3 Å². The number of carbonyl (C=O) groups excluding carboxylic acids is 1. The lowest BCUT2D eigenvalue weighted by Crippen LogP contribution is -2.19. The Bertz CT molecular complexity index is 209. The third-order valence-corrected chi connectivity index (χ3v) is 1.98. The summed E-state index contributed by atoms with van der Waals surface area (Å²) in [7, 11) is 0. The van der Waals surface area contributed by atoms with E-state index in [0.717, 1.165) is 0 Å². The van der Waals surface area contributed by atoms with Gasteiger partial charge in [-0.15, -0.1) is 0 Å². The molecule has 3 heteroatoms. The molecule has 0 radical (unpaired) electrons. The molecule has 1 heterocycles. The van der Waals surface area contributed by atoms with Gasteiger partial charge in [-0.25, -0.2) is 0 Å². The summed E-state index contributed by atoms with van der Waals surface area (Å²) in [6.45, 7) is 2.25. The van der Waals surface area contributed by atoms with E-state index < -0.39 is 0 Å². The van der Waals surface area contributed by atoms with Gasteiger partial charge in [-0.05, 0) is 6.92 Å². The summed E-state index contributed by atoms with van der Waals surface area (Å²) in [6.07, 6.45) is 4.08. The highest BCUT2D eigenvalue weighted by Gasteiger charge is 2.50. The van der Waals surface area contributed by atoms with E-state index in [1.165, 1.54) is 0 Å². The molecule has 0 aromatic carbocycles. The lowest BCUT2D eigenvalue weighted by molar-refractivity contribution is -0.146.